The Bertz CT molecular complexity index is 1700. The number of fused-ring (bicyclic) bond motifs is 1. The summed E-state index contributed by atoms with van der Waals surface area (Å²) in [6.45, 7) is 3.73. The van der Waals surface area contributed by atoms with Crippen molar-refractivity contribution in [2.75, 3.05) is 10.3 Å². The quantitative estimate of drug-likeness (QED) is 0.187. The summed E-state index contributed by atoms with van der Waals surface area (Å²) in [5.41, 5.74) is 5.26. The maximum absolute atomic E-state index is 13.6. The van der Waals surface area contributed by atoms with Crippen LogP contribution in [0.5, 0.6) is 5.75 Å². The molecule has 0 saturated carbocycles. The number of aryl methyl sites for hydroxylation is 2. The number of carboxylic acids is 1. The molecule has 1 heterocycles. The number of amides is 1. The smallest absolute Gasteiger partial charge is 0.416 e. The zero-order valence-corrected chi connectivity index (χ0v) is 21.2. The minimum atomic E-state index is -4.61. The van der Waals surface area contributed by atoms with Gasteiger partial charge >= 0.3 is 12.1 Å². The third kappa shape index (κ3) is 4.75. The van der Waals surface area contributed by atoms with Gasteiger partial charge in [0.05, 0.1) is 22.5 Å². The van der Waals surface area contributed by atoms with Crippen LogP contribution in [0.3, 0.4) is 0 Å². The molecular formula is C30H22F3N3O4. The molecule has 0 fully saturated rings. The molecule has 5 rings (SSSR count). The van der Waals surface area contributed by atoms with Crippen LogP contribution in [0, 0.1) is 13.8 Å². The van der Waals surface area contributed by atoms with Gasteiger partial charge in [0.25, 0.3) is 5.91 Å². The summed E-state index contributed by atoms with van der Waals surface area (Å²) in [4.78, 5) is 25.9. The van der Waals surface area contributed by atoms with Gasteiger partial charge in [0.1, 0.15) is 5.75 Å². The lowest BCUT2D eigenvalue weighted by Crippen LogP contribution is -2.26. The monoisotopic (exact) mass is 545 g/mol. The molecule has 40 heavy (non-hydrogen) atoms. The number of phenolic OH excluding ortho intramolecular Hbond substituents is 1. The lowest BCUT2D eigenvalue weighted by molar-refractivity contribution is -0.137. The number of nitrogens with one attached hydrogen (secondary N) is 1. The van der Waals surface area contributed by atoms with E-state index in [1.165, 1.54) is 29.2 Å². The zero-order valence-electron chi connectivity index (χ0n) is 21.2. The van der Waals surface area contributed by atoms with E-state index in [9.17, 15) is 27.9 Å². The van der Waals surface area contributed by atoms with Crippen molar-refractivity contribution in [1.29, 1.82) is 0 Å². The van der Waals surface area contributed by atoms with Crippen LogP contribution in [0.15, 0.2) is 84.0 Å². The Labute approximate surface area is 226 Å². The second-order valence-corrected chi connectivity index (χ2v) is 9.30. The molecule has 0 saturated heterocycles. The Balaban J connectivity index is 1.55. The Morgan fingerprint density at radius 2 is 1.62 bits per heavy atom. The van der Waals surface area contributed by atoms with E-state index in [1.54, 1.807) is 42.5 Å². The number of carbonyl (C=O) groups is 2. The molecule has 0 aliphatic carbocycles. The maximum atomic E-state index is 13.6. The van der Waals surface area contributed by atoms with Gasteiger partial charge < -0.3 is 10.2 Å². The van der Waals surface area contributed by atoms with E-state index in [-0.39, 0.29) is 34.0 Å². The average Bonchev–Trinajstić information content (AvgIpc) is 3.19. The number of hydrogen-bond donors (Lipinski definition) is 3. The van der Waals surface area contributed by atoms with Crippen LogP contribution in [0.2, 0.25) is 0 Å². The molecule has 202 valence electrons. The first kappa shape index (κ1) is 26.5. The molecule has 0 unspecified atom stereocenters. The fraction of sp³-hybridized carbons (Fsp3) is 0.100. The minimum absolute atomic E-state index is 0.0418. The van der Waals surface area contributed by atoms with Crippen LogP contribution >= 0.6 is 0 Å². The topological polar surface area (TPSA) is 102 Å². The number of para-hydroxylation sites is 1. The van der Waals surface area contributed by atoms with Gasteiger partial charge in [-0.15, -0.1) is 0 Å². The highest BCUT2D eigenvalue weighted by Crippen LogP contribution is 2.41. The number of alkyl halides is 3. The van der Waals surface area contributed by atoms with Crippen LogP contribution in [0.1, 0.15) is 32.6 Å². The number of carboxylic acid groups (broad SMARTS) is 1. The predicted molar refractivity (Wildman–Crippen MR) is 145 cm³/mol. The highest BCUT2D eigenvalue weighted by molar-refractivity contribution is 6.55. The summed E-state index contributed by atoms with van der Waals surface area (Å²) in [5, 5.41) is 24.2. The molecule has 0 radical (unpaired) electrons. The molecular weight excluding hydrogens is 523 g/mol. The Hall–Kier alpha value is -5.12. The Morgan fingerprint density at radius 1 is 0.900 bits per heavy atom. The standard InChI is InChI=1S/C30H22F3N3O4/c1-16-6-12-21(14-17(16)2)36-25-15-20(30(31,32)33)11-13-23(25)26(28(36)38)35-34-24-5-3-4-22(27(24)37)18-7-9-19(10-8-18)29(39)40/h3-15,34,37H,1-2H3,(H,39,40)/b35-26-. The summed E-state index contributed by atoms with van der Waals surface area (Å²) >= 11 is 0. The van der Waals surface area contributed by atoms with Crippen molar-refractivity contribution in [3.05, 3.63) is 107 Å². The predicted octanol–water partition coefficient (Wildman–Crippen LogP) is 6.89. The Morgan fingerprint density at radius 3 is 2.27 bits per heavy atom. The maximum Gasteiger partial charge on any atom is 0.416 e. The van der Waals surface area contributed by atoms with E-state index in [1.807, 2.05) is 13.8 Å². The molecule has 1 aliphatic heterocycles. The third-order valence-electron chi connectivity index (χ3n) is 6.74. The SMILES string of the molecule is Cc1ccc(N2C(=O)/C(=N\Nc3cccc(-c4ccc(C(=O)O)cc4)c3O)c3ccc(C(F)(F)F)cc32)cc1C. The van der Waals surface area contributed by atoms with Gasteiger partial charge in [-0.2, -0.15) is 18.3 Å². The number of benzene rings is 4. The Kier molecular flexibility index (Phi) is 6.54. The summed E-state index contributed by atoms with van der Waals surface area (Å²) < 4.78 is 40.6. The van der Waals surface area contributed by atoms with Crippen molar-refractivity contribution in [3.63, 3.8) is 0 Å². The molecule has 7 nitrogen and oxygen atoms in total. The molecule has 1 amide bonds. The number of aromatic carboxylic acids is 1. The molecule has 4 aromatic rings. The summed E-state index contributed by atoms with van der Waals surface area (Å²) in [5.74, 6) is -1.93. The van der Waals surface area contributed by atoms with Crippen LogP contribution in [0.25, 0.3) is 11.1 Å². The molecule has 0 bridgehead atoms. The van der Waals surface area contributed by atoms with Gasteiger partial charge in [0.2, 0.25) is 0 Å². The van der Waals surface area contributed by atoms with Crippen LogP contribution in [-0.2, 0) is 11.0 Å². The number of aromatic hydroxyl groups is 1. The van der Waals surface area contributed by atoms with Gasteiger partial charge in [0, 0.05) is 16.8 Å². The van der Waals surface area contributed by atoms with E-state index in [0.29, 0.717) is 16.8 Å². The number of halogens is 3. The van der Waals surface area contributed by atoms with Crippen LogP contribution in [-0.4, -0.2) is 27.8 Å². The molecule has 0 aromatic heterocycles. The number of hydrazone groups is 1. The molecule has 1 aliphatic rings. The van der Waals surface area contributed by atoms with Gasteiger partial charge in [-0.05, 0) is 79.1 Å². The van der Waals surface area contributed by atoms with E-state index >= 15 is 0 Å². The second kappa shape index (κ2) is 9.88. The normalized spacial score (nSPS) is 14.0. The molecule has 4 aromatic carbocycles. The largest absolute Gasteiger partial charge is 0.505 e. The number of phenols is 1. The number of rotatable bonds is 5. The van der Waals surface area contributed by atoms with Crippen molar-refractivity contribution < 1.29 is 33.0 Å². The summed E-state index contributed by atoms with van der Waals surface area (Å²) in [6.07, 6.45) is -4.61. The lowest BCUT2D eigenvalue weighted by Gasteiger charge is -2.19. The first-order chi connectivity index (χ1) is 19.0. The van der Waals surface area contributed by atoms with E-state index in [2.05, 4.69) is 10.5 Å². The van der Waals surface area contributed by atoms with Gasteiger partial charge in [-0.3, -0.25) is 15.1 Å². The minimum Gasteiger partial charge on any atom is -0.505 e. The first-order valence-electron chi connectivity index (χ1n) is 12.1. The lowest BCUT2D eigenvalue weighted by atomic mass is 10.0. The fourth-order valence-corrected chi connectivity index (χ4v) is 4.43. The summed E-state index contributed by atoms with van der Waals surface area (Å²) in [7, 11) is 0. The van der Waals surface area contributed by atoms with Crippen molar-refractivity contribution >= 4 is 34.7 Å². The highest BCUT2D eigenvalue weighted by Gasteiger charge is 2.39. The zero-order chi connectivity index (χ0) is 28.8. The van der Waals surface area contributed by atoms with Crippen molar-refractivity contribution in [1.82, 2.24) is 0 Å². The third-order valence-corrected chi connectivity index (χ3v) is 6.74. The molecule has 0 spiro atoms. The van der Waals surface area contributed by atoms with Crippen LogP contribution in [0.4, 0.5) is 30.2 Å². The molecule has 3 N–H and O–H groups in total. The molecule has 10 heteroatoms. The summed E-state index contributed by atoms with van der Waals surface area (Å²) in [6, 6.07) is 18.9. The number of hydrogen-bond acceptors (Lipinski definition) is 5. The van der Waals surface area contributed by atoms with Gasteiger partial charge in [-0.25, -0.2) is 4.79 Å². The van der Waals surface area contributed by atoms with Crippen molar-refractivity contribution in [3.8, 4) is 16.9 Å². The van der Waals surface area contributed by atoms with Crippen LogP contribution < -0.4 is 10.3 Å². The van der Waals surface area contributed by atoms with E-state index in [4.69, 9.17) is 5.11 Å². The fourth-order valence-electron chi connectivity index (χ4n) is 4.43. The average molecular weight is 546 g/mol. The van der Waals surface area contributed by atoms with E-state index < -0.39 is 23.6 Å². The van der Waals surface area contributed by atoms with Crippen molar-refractivity contribution in [2.45, 2.75) is 20.0 Å². The number of nitrogens with zero attached hydrogens (tertiary/aromatic N) is 2. The first-order valence-corrected chi connectivity index (χ1v) is 12.1. The van der Waals surface area contributed by atoms with Crippen molar-refractivity contribution in [2.24, 2.45) is 5.10 Å². The second-order valence-electron chi connectivity index (χ2n) is 9.30. The van der Waals surface area contributed by atoms with Gasteiger partial charge in [-0.1, -0.05) is 30.3 Å². The van der Waals surface area contributed by atoms with E-state index in [0.717, 1.165) is 23.3 Å². The molecule has 0 atom stereocenters. The highest BCUT2D eigenvalue weighted by atomic mass is 19.4. The van der Waals surface area contributed by atoms with Gasteiger partial charge in [0.15, 0.2) is 5.71 Å². The number of carbonyl (C=O) groups excluding carboxylic acids is 1. The number of anilines is 3.